The van der Waals surface area contributed by atoms with Crippen LogP contribution < -0.4 is 11.1 Å². The van der Waals surface area contributed by atoms with Crippen molar-refractivity contribution in [2.24, 2.45) is 11.7 Å². The highest BCUT2D eigenvalue weighted by Crippen LogP contribution is 2.18. The summed E-state index contributed by atoms with van der Waals surface area (Å²) >= 11 is 0. The molecule has 0 aromatic rings. The molecule has 2 nitrogen and oxygen atoms in total. The molecule has 2 atom stereocenters. The molecule has 2 unspecified atom stereocenters. The van der Waals surface area contributed by atoms with E-state index in [1.807, 2.05) is 0 Å². The number of nitrogens with two attached hydrogens (primary N) is 1. The maximum atomic E-state index is 6.05. The molecule has 1 rings (SSSR count). The summed E-state index contributed by atoms with van der Waals surface area (Å²) in [7, 11) is 0. The van der Waals surface area contributed by atoms with E-state index in [2.05, 4.69) is 19.2 Å². The first-order valence-electron chi connectivity index (χ1n) is 5.75. The Balaban J connectivity index is 2.21. The molecule has 0 heterocycles. The summed E-state index contributed by atoms with van der Waals surface area (Å²) in [4.78, 5) is 0. The first kappa shape index (κ1) is 11.0. The Bertz CT molecular complexity index is 130. The van der Waals surface area contributed by atoms with E-state index in [-0.39, 0.29) is 6.17 Å². The molecule has 0 aliphatic heterocycles. The van der Waals surface area contributed by atoms with E-state index in [0.717, 1.165) is 0 Å². The van der Waals surface area contributed by atoms with Gasteiger partial charge in [-0.15, -0.1) is 0 Å². The lowest BCUT2D eigenvalue weighted by Gasteiger charge is -2.29. The molecule has 13 heavy (non-hydrogen) atoms. The predicted molar refractivity (Wildman–Crippen MR) is 57.4 cm³/mol. The van der Waals surface area contributed by atoms with Crippen molar-refractivity contribution in [1.82, 2.24) is 5.32 Å². The van der Waals surface area contributed by atoms with Gasteiger partial charge in [-0.25, -0.2) is 0 Å². The zero-order valence-electron chi connectivity index (χ0n) is 9.05. The van der Waals surface area contributed by atoms with E-state index in [1.165, 1.54) is 38.5 Å². The minimum Gasteiger partial charge on any atom is -0.316 e. The van der Waals surface area contributed by atoms with Gasteiger partial charge in [-0.1, -0.05) is 39.5 Å². The van der Waals surface area contributed by atoms with E-state index in [9.17, 15) is 0 Å². The second kappa shape index (κ2) is 5.61. The van der Waals surface area contributed by atoms with E-state index >= 15 is 0 Å². The van der Waals surface area contributed by atoms with Gasteiger partial charge in [0.1, 0.15) is 0 Å². The van der Waals surface area contributed by atoms with Crippen LogP contribution in [-0.2, 0) is 0 Å². The molecule has 0 aromatic carbocycles. The molecule has 0 aromatic heterocycles. The molecule has 3 N–H and O–H groups in total. The van der Waals surface area contributed by atoms with Crippen molar-refractivity contribution >= 4 is 0 Å². The van der Waals surface area contributed by atoms with E-state index in [0.29, 0.717) is 12.0 Å². The zero-order valence-corrected chi connectivity index (χ0v) is 9.05. The number of nitrogens with one attached hydrogen (secondary N) is 1. The Labute approximate surface area is 82.3 Å². The largest absolute Gasteiger partial charge is 0.316 e. The molecule has 0 saturated heterocycles. The fraction of sp³-hybridized carbons (Fsp3) is 1.00. The lowest BCUT2D eigenvalue weighted by Crippen LogP contribution is -2.48. The van der Waals surface area contributed by atoms with Crippen molar-refractivity contribution in [2.45, 2.75) is 64.6 Å². The average Bonchev–Trinajstić information content (AvgIpc) is 2.18. The van der Waals surface area contributed by atoms with Crippen LogP contribution in [0.4, 0.5) is 0 Å². The molecular formula is C11H24N2. The van der Waals surface area contributed by atoms with Crippen LogP contribution in [0.15, 0.2) is 0 Å². The summed E-state index contributed by atoms with van der Waals surface area (Å²) < 4.78 is 0. The Kier molecular flexibility index (Phi) is 4.74. The van der Waals surface area contributed by atoms with E-state index < -0.39 is 0 Å². The quantitative estimate of drug-likeness (QED) is 0.658. The summed E-state index contributed by atoms with van der Waals surface area (Å²) in [6.07, 6.45) is 8.19. The highest BCUT2D eigenvalue weighted by atomic mass is 15.1. The van der Waals surface area contributed by atoms with Gasteiger partial charge in [0.05, 0.1) is 6.17 Å². The van der Waals surface area contributed by atoms with Crippen LogP contribution in [-0.4, -0.2) is 12.2 Å². The summed E-state index contributed by atoms with van der Waals surface area (Å²) in [5.74, 6) is 0.599. The standard InChI is InChI=1S/C11H24N2/c1-3-9(2)11(12)13-10-7-5-4-6-8-10/h9-11,13H,3-8,12H2,1-2H3. The van der Waals surface area contributed by atoms with Crippen molar-refractivity contribution in [3.63, 3.8) is 0 Å². The fourth-order valence-electron chi connectivity index (χ4n) is 1.96. The number of hydrogen-bond acceptors (Lipinski definition) is 2. The van der Waals surface area contributed by atoms with Gasteiger partial charge in [0.25, 0.3) is 0 Å². The van der Waals surface area contributed by atoms with Crippen LogP contribution in [0.2, 0.25) is 0 Å². The normalized spacial score (nSPS) is 24.2. The van der Waals surface area contributed by atoms with Gasteiger partial charge in [-0.2, -0.15) is 0 Å². The molecule has 1 aliphatic rings. The van der Waals surface area contributed by atoms with Crippen LogP contribution >= 0.6 is 0 Å². The third-order valence-corrected chi connectivity index (χ3v) is 3.29. The molecule has 1 fully saturated rings. The van der Waals surface area contributed by atoms with Crippen LogP contribution in [0.3, 0.4) is 0 Å². The fourth-order valence-corrected chi connectivity index (χ4v) is 1.96. The highest BCUT2D eigenvalue weighted by Gasteiger charge is 2.17. The third-order valence-electron chi connectivity index (χ3n) is 3.29. The summed E-state index contributed by atoms with van der Waals surface area (Å²) in [6.45, 7) is 4.42. The van der Waals surface area contributed by atoms with Crippen molar-refractivity contribution < 1.29 is 0 Å². The van der Waals surface area contributed by atoms with Gasteiger partial charge in [-0.05, 0) is 18.8 Å². The Morgan fingerprint density at radius 2 is 1.92 bits per heavy atom. The van der Waals surface area contributed by atoms with Crippen molar-refractivity contribution in [3.05, 3.63) is 0 Å². The molecule has 0 spiro atoms. The van der Waals surface area contributed by atoms with Gasteiger partial charge >= 0.3 is 0 Å². The van der Waals surface area contributed by atoms with Gasteiger partial charge in [0, 0.05) is 6.04 Å². The molecular weight excluding hydrogens is 160 g/mol. The average molecular weight is 184 g/mol. The van der Waals surface area contributed by atoms with E-state index in [4.69, 9.17) is 5.73 Å². The van der Waals surface area contributed by atoms with Crippen LogP contribution in [0.1, 0.15) is 52.4 Å². The van der Waals surface area contributed by atoms with Crippen molar-refractivity contribution in [2.75, 3.05) is 0 Å². The van der Waals surface area contributed by atoms with Crippen molar-refractivity contribution in [3.8, 4) is 0 Å². The van der Waals surface area contributed by atoms with Crippen molar-refractivity contribution in [1.29, 1.82) is 0 Å². The summed E-state index contributed by atoms with van der Waals surface area (Å²) in [6, 6.07) is 0.692. The maximum Gasteiger partial charge on any atom is 0.0574 e. The smallest absolute Gasteiger partial charge is 0.0574 e. The molecule has 0 radical (unpaired) electrons. The Morgan fingerprint density at radius 1 is 1.31 bits per heavy atom. The maximum absolute atomic E-state index is 6.05. The Morgan fingerprint density at radius 3 is 2.46 bits per heavy atom. The van der Waals surface area contributed by atoms with Crippen LogP contribution in [0.5, 0.6) is 0 Å². The monoisotopic (exact) mass is 184 g/mol. The summed E-state index contributed by atoms with van der Waals surface area (Å²) in [5.41, 5.74) is 6.05. The van der Waals surface area contributed by atoms with Crippen LogP contribution in [0.25, 0.3) is 0 Å². The zero-order chi connectivity index (χ0) is 9.68. The third kappa shape index (κ3) is 3.65. The van der Waals surface area contributed by atoms with Gasteiger partial charge in [-0.3, -0.25) is 5.32 Å². The molecule has 1 saturated carbocycles. The first-order chi connectivity index (χ1) is 6.24. The number of hydrogen-bond donors (Lipinski definition) is 2. The molecule has 1 aliphatic carbocycles. The predicted octanol–water partition coefficient (Wildman–Crippen LogP) is 2.24. The topological polar surface area (TPSA) is 38.0 Å². The second-order valence-corrected chi connectivity index (χ2v) is 4.41. The Hall–Kier alpha value is -0.0800. The van der Waals surface area contributed by atoms with Gasteiger partial charge < -0.3 is 5.73 Å². The molecule has 78 valence electrons. The molecule has 0 bridgehead atoms. The minimum atomic E-state index is 0.202. The highest BCUT2D eigenvalue weighted by molar-refractivity contribution is 4.76. The lowest BCUT2D eigenvalue weighted by atomic mass is 9.94. The summed E-state index contributed by atoms with van der Waals surface area (Å²) in [5, 5.41) is 3.55. The minimum absolute atomic E-state index is 0.202. The molecule has 2 heteroatoms. The van der Waals surface area contributed by atoms with Gasteiger partial charge in [0.2, 0.25) is 0 Å². The second-order valence-electron chi connectivity index (χ2n) is 4.41. The number of rotatable bonds is 4. The van der Waals surface area contributed by atoms with Gasteiger partial charge in [0.15, 0.2) is 0 Å². The lowest BCUT2D eigenvalue weighted by molar-refractivity contribution is 0.288. The van der Waals surface area contributed by atoms with Crippen LogP contribution in [0, 0.1) is 5.92 Å². The first-order valence-corrected chi connectivity index (χ1v) is 5.75. The molecule has 0 amide bonds. The van der Waals surface area contributed by atoms with E-state index in [1.54, 1.807) is 0 Å². The SMILES string of the molecule is CCC(C)C(N)NC1CCCCC1.